The molecule has 1 heterocycles. The molecule has 1 aromatic carbocycles. The number of hydrogen-bond donors (Lipinski definition) is 0. The number of aromatic nitrogens is 2. The van der Waals surface area contributed by atoms with Gasteiger partial charge in [0, 0.05) is 19.3 Å². The van der Waals surface area contributed by atoms with E-state index in [-0.39, 0.29) is 0 Å². The zero-order chi connectivity index (χ0) is 11.2. The molecule has 0 bridgehead atoms. The minimum absolute atomic E-state index is 0.542. The van der Waals surface area contributed by atoms with Gasteiger partial charge in [-0.2, -0.15) is 0 Å². The summed E-state index contributed by atoms with van der Waals surface area (Å²) >= 11 is 5.71. The summed E-state index contributed by atoms with van der Waals surface area (Å²) in [6, 6.07) is 10.00. The topological polar surface area (TPSA) is 31.9 Å². The summed E-state index contributed by atoms with van der Waals surface area (Å²) in [7, 11) is 0. The minimum atomic E-state index is 0.542. The predicted octanol–water partition coefficient (Wildman–Crippen LogP) is 2.86. The summed E-state index contributed by atoms with van der Waals surface area (Å²) in [5.74, 6) is 0. The molecule has 83 valence electrons. The number of benzene rings is 1. The van der Waals surface area contributed by atoms with Crippen molar-refractivity contribution in [3.63, 3.8) is 0 Å². The van der Waals surface area contributed by atoms with Crippen LogP contribution >= 0.6 is 11.6 Å². The molecule has 0 saturated heterocycles. The fourth-order valence-electron chi connectivity index (χ4n) is 1.45. The Morgan fingerprint density at radius 2 is 2.06 bits per heavy atom. The van der Waals surface area contributed by atoms with Crippen molar-refractivity contribution in [2.45, 2.75) is 13.0 Å². The molecule has 0 atom stereocenters. The Balaban J connectivity index is 1.69. The van der Waals surface area contributed by atoms with Crippen molar-refractivity contribution in [3.05, 3.63) is 48.0 Å². The Morgan fingerprint density at radius 3 is 2.75 bits per heavy atom. The van der Waals surface area contributed by atoms with Crippen LogP contribution in [-0.4, -0.2) is 16.1 Å². The van der Waals surface area contributed by atoms with Crippen LogP contribution in [0.2, 0.25) is 5.15 Å². The number of halogens is 1. The molecule has 0 N–H and O–H groups in total. The van der Waals surface area contributed by atoms with Crippen LogP contribution in [-0.2, 0) is 6.54 Å². The molecule has 0 unspecified atom stereocenters. The molecule has 0 aliphatic heterocycles. The largest absolute Gasteiger partial charge is 0.336 e. The first-order valence-electron chi connectivity index (χ1n) is 5.24. The van der Waals surface area contributed by atoms with Gasteiger partial charge < -0.3 is 4.57 Å². The van der Waals surface area contributed by atoms with Crippen molar-refractivity contribution < 1.29 is 0 Å². The number of para-hydroxylation sites is 1. The van der Waals surface area contributed by atoms with Crippen LogP contribution in [0.5, 0.6) is 0 Å². The van der Waals surface area contributed by atoms with Gasteiger partial charge in [-0.25, -0.2) is 4.98 Å². The lowest BCUT2D eigenvalue weighted by Crippen LogP contribution is -2.04. The quantitative estimate of drug-likeness (QED) is 0.732. The molecule has 2 aromatic rings. The van der Waals surface area contributed by atoms with Gasteiger partial charge in [0.05, 0.1) is 12.0 Å². The van der Waals surface area contributed by atoms with Crippen LogP contribution in [0.1, 0.15) is 6.42 Å². The molecule has 0 saturated carbocycles. The zero-order valence-electron chi connectivity index (χ0n) is 8.88. The number of rotatable bonds is 5. The third kappa shape index (κ3) is 3.28. The van der Waals surface area contributed by atoms with Gasteiger partial charge in [0.2, 0.25) is 0 Å². The Bertz CT molecular complexity index is 425. The maximum absolute atomic E-state index is 5.71. The van der Waals surface area contributed by atoms with E-state index in [1.165, 1.54) is 0 Å². The van der Waals surface area contributed by atoms with Crippen LogP contribution in [0, 0.1) is 0 Å². The van der Waals surface area contributed by atoms with E-state index in [2.05, 4.69) is 10.3 Å². The van der Waals surface area contributed by atoms with Crippen LogP contribution in [0.15, 0.2) is 42.9 Å². The second-order valence-corrected chi connectivity index (χ2v) is 3.89. The minimum Gasteiger partial charge on any atom is -0.336 e. The Labute approximate surface area is 100 Å². The van der Waals surface area contributed by atoms with Crippen molar-refractivity contribution in [1.29, 1.82) is 0 Å². The Kier molecular flexibility index (Phi) is 3.83. The molecule has 0 spiro atoms. The normalized spacial score (nSPS) is 10.3. The number of imidazole rings is 1. The highest BCUT2D eigenvalue weighted by molar-refractivity contribution is 6.29. The average Bonchev–Trinajstić information content (AvgIpc) is 2.72. The van der Waals surface area contributed by atoms with E-state index in [0.29, 0.717) is 5.15 Å². The first-order chi connectivity index (χ1) is 7.84. The van der Waals surface area contributed by atoms with Gasteiger partial charge in [0.1, 0.15) is 5.15 Å². The molecule has 1 radical (unpaired) electrons. The number of hydrogen-bond acceptors (Lipinski definition) is 1. The first-order valence-corrected chi connectivity index (χ1v) is 5.62. The Hall–Kier alpha value is -1.48. The number of aryl methyl sites for hydroxylation is 1. The van der Waals surface area contributed by atoms with Gasteiger partial charge in [-0.15, -0.1) is 0 Å². The van der Waals surface area contributed by atoms with Crippen molar-refractivity contribution in [2.24, 2.45) is 0 Å². The predicted molar refractivity (Wildman–Crippen MR) is 65.0 cm³/mol. The highest BCUT2D eigenvalue weighted by atomic mass is 35.5. The maximum atomic E-state index is 5.71. The van der Waals surface area contributed by atoms with E-state index in [1.807, 2.05) is 41.1 Å². The molecule has 4 heteroatoms. The smallest absolute Gasteiger partial charge is 0.146 e. The zero-order valence-corrected chi connectivity index (χ0v) is 9.64. The molecule has 0 aliphatic carbocycles. The van der Waals surface area contributed by atoms with E-state index in [0.717, 1.165) is 25.2 Å². The van der Waals surface area contributed by atoms with E-state index < -0.39 is 0 Å². The van der Waals surface area contributed by atoms with E-state index in [1.54, 1.807) is 6.33 Å². The molecular formula is C12H13ClN3. The van der Waals surface area contributed by atoms with Gasteiger partial charge in [0.25, 0.3) is 0 Å². The van der Waals surface area contributed by atoms with Gasteiger partial charge in [-0.05, 0) is 18.6 Å². The SMILES string of the molecule is Clc1cn(CCC[N]c2ccccc2)cn1. The van der Waals surface area contributed by atoms with Crippen LogP contribution in [0.25, 0.3) is 0 Å². The van der Waals surface area contributed by atoms with Crippen LogP contribution in [0.3, 0.4) is 0 Å². The van der Waals surface area contributed by atoms with E-state index >= 15 is 0 Å². The van der Waals surface area contributed by atoms with E-state index in [9.17, 15) is 0 Å². The third-order valence-corrected chi connectivity index (χ3v) is 2.42. The van der Waals surface area contributed by atoms with Crippen molar-refractivity contribution in [2.75, 3.05) is 6.54 Å². The number of nitrogens with zero attached hydrogens (tertiary/aromatic N) is 3. The van der Waals surface area contributed by atoms with Crippen molar-refractivity contribution >= 4 is 17.3 Å². The lowest BCUT2D eigenvalue weighted by atomic mass is 10.3. The van der Waals surface area contributed by atoms with Crippen molar-refractivity contribution in [1.82, 2.24) is 14.9 Å². The lowest BCUT2D eigenvalue weighted by Gasteiger charge is -2.03. The summed E-state index contributed by atoms with van der Waals surface area (Å²) in [5.41, 5.74) is 1.03. The first kappa shape index (κ1) is 11.0. The van der Waals surface area contributed by atoms with Gasteiger partial charge in [-0.1, -0.05) is 29.8 Å². The summed E-state index contributed by atoms with van der Waals surface area (Å²) < 4.78 is 1.98. The molecule has 0 amide bonds. The van der Waals surface area contributed by atoms with Crippen LogP contribution in [0.4, 0.5) is 5.69 Å². The van der Waals surface area contributed by atoms with Gasteiger partial charge in [0.15, 0.2) is 0 Å². The summed E-state index contributed by atoms with van der Waals surface area (Å²) in [5, 5.41) is 5.00. The molecule has 2 rings (SSSR count). The lowest BCUT2D eigenvalue weighted by molar-refractivity contribution is 0.621. The molecule has 0 aliphatic rings. The second-order valence-electron chi connectivity index (χ2n) is 3.51. The molecular weight excluding hydrogens is 222 g/mol. The highest BCUT2D eigenvalue weighted by Gasteiger charge is 1.96. The monoisotopic (exact) mass is 234 g/mol. The van der Waals surface area contributed by atoms with E-state index in [4.69, 9.17) is 11.6 Å². The second kappa shape index (κ2) is 5.56. The molecule has 0 fully saturated rings. The Morgan fingerprint density at radius 1 is 1.25 bits per heavy atom. The maximum Gasteiger partial charge on any atom is 0.146 e. The van der Waals surface area contributed by atoms with Gasteiger partial charge >= 0.3 is 0 Å². The highest BCUT2D eigenvalue weighted by Crippen LogP contribution is 2.06. The summed E-state index contributed by atoms with van der Waals surface area (Å²) in [6.45, 7) is 1.72. The summed E-state index contributed by atoms with van der Waals surface area (Å²) in [6.07, 6.45) is 4.55. The fraction of sp³-hybridized carbons (Fsp3) is 0.250. The van der Waals surface area contributed by atoms with Crippen LogP contribution < -0.4 is 5.32 Å². The fourth-order valence-corrected chi connectivity index (χ4v) is 1.62. The summed E-state index contributed by atoms with van der Waals surface area (Å²) in [4.78, 5) is 3.95. The van der Waals surface area contributed by atoms with Gasteiger partial charge in [-0.3, -0.25) is 5.32 Å². The average molecular weight is 235 g/mol. The van der Waals surface area contributed by atoms with Crippen molar-refractivity contribution in [3.8, 4) is 0 Å². The molecule has 3 nitrogen and oxygen atoms in total. The molecule has 1 aromatic heterocycles. The third-order valence-electron chi connectivity index (χ3n) is 2.23. The standard InChI is InChI=1S/C12H13ClN3/c13-12-9-16(10-15-12)8-4-7-14-11-5-2-1-3-6-11/h1-3,5-6,9-10H,4,7-8H2. The molecule has 16 heavy (non-hydrogen) atoms.